The average molecular weight is 360 g/mol. The lowest BCUT2D eigenvalue weighted by Gasteiger charge is -2.17. The molecule has 2 N–H and O–H groups in total. The van der Waals surface area contributed by atoms with E-state index in [9.17, 15) is 9.59 Å². The minimum atomic E-state index is -0.702. The SMILES string of the molecule is Cc1cccc(OC(C)C(=O)NNC(=O)CCCc2cccs2)c1C. The van der Waals surface area contributed by atoms with Crippen molar-refractivity contribution >= 4 is 23.2 Å². The molecule has 0 saturated heterocycles. The number of ether oxygens (including phenoxy) is 1. The molecule has 1 aromatic heterocycles. The fourth-order valence-corrected chi connectivity index (χ4v) is 3.02. The third-order valence-electron chi connectivity index (χ3n) is 3.96. The van der Waals surface area contributed by atoms with Crippen LogP contribution in [0.3, 0.4) is 0 Å². The minimum absolute atomic E-state index is 0.205. The molecule has 25 heavy (non-hydrogen) atoms. The molecule has 1 heterocycles. The number of hydrazine groups is 1. The molecule has 0 bridgehead atoms. The van der Waals surface area contributed by atoms with Crippen LogP contribution < -0.4 is 15.6 Å². The molecular formula is C19H24N2O3S. The van der Waals surface area contributed by atoms with Crippen molar-refractivity contribution in [3.05, 3.63) is 51.7 Å². The second-order valence-corrected chi connectivity index (χ2v) is 6.96. The van der Waals surface area contributed by atoms with Crippen molar-refractivity contribution in [2.45, 2.75) is 46.1 Å². The summed E-state index contributed by atoms with van der Waals surface area (Å²) in [6.07, 6.45) is 1.28. The maximum absolute atomic E-state index is 12.1. The van der Waals surface area contributed by atoms with Crippen LogP contribution in [0.25, 0.3) is 0 Å². The van der Waals surface area contributed by atoms with E-state index < -0.39 is 6.10 Å². The number of rotatable bonds is 7. The van der Waals surface area contributed by atoms with E-state index in [1.165, 1.54) is 4.88 Å². The quantitative estimate of drug-likeness (QED) is 0.745. The zero-order valence-electron chi connectivity index (χ0n) is 14.8. The number of carbonyl (C=O) groups is 2. The van der Waals surface area contributed by atoms with Crippen LogP contribution in [-0.2, 0) is 16.0 Å². The molecule has 6 heteroatoms. The number of hydrogen-bond donors (Lipinski definition) is 2. The molecule has 5 nitrogen and oxygen atoms in total. The summed E-state index contributed by atoms with van der Waals surface area (Å²) in [5.74, 6) is 0.0845. The van der Waals surface area contributed by atoms with E-state index in [4.69, 9.17) is 4.74 Å². The Bertz CT molecular complexity index is 713. The first-order chi connectivity index (χ1) is 12.0. The van der Waals surface area contributed by atoms with Crippen molar-refractivity contribution in [1.82, 2.24) is 10.9 Å². The summed E-state index contributed by atoms with van der Waals surface area (Å²) in [6, 6.07) is 9.75. The van der Waals surface area contributed by atoms with Crippen LogP contribution in [-0.4, -0.2) is 17.9 Å². The van der Waals surface area contributed by atoms with Crippen molar-refractivity contribution in [3.63, 3.8) is 0 Å². The summed E-state index contributed by atoms with van der Waals surface area (Å²) in [6.45, 7) is 5.59. The Morgan fingerprint density at radius 1 is 1.16 bits per heavy atom. The minimum Gasteiger partial charge on any atom is -0.481 e. The Labute approximate surface area is 152 Å². The highest BCUT2D eigenvalue weighted by atomic mass is 32.1. The van der Waals surface area contributed by atoms with E-state index >= 15 is 0 Å². The number of aryl methyl sites for hydroxylation is 2. The molecule has 0 radical (unpaired) electrons. The highest BCUT2D eigenvalue weighted by molar-refractivity contribution is 7.09. The second-order valence-electron chi connectivity index (χ2n) is 5.93. The number of thiophene rings is 1. The predicted octanol–water partition coefficient (Wildman–Crippen LogP) is 3.30. The molecule has 1 aromatic carbocycles. The highest BCUT2D eigenvalue weighted by Crippen LogP contribution is 2.21. The summed E-state index contributed by atoms with van der Waals surface area (Å²) in [5, 5.41) is 2.02. The smallest absolute Gasteiger partial charge is 0.279 e. The Morgan fingerprint density at radius 2 is 1.96 bits per heavy atom. The molecule has 1 atom stereocenters. The molecular weight excluding hydrogens is 336 g/mol. The van der Waals surface area contributed by atoms with E-state index in [-0.39, 0.29) is 11.8 Å². The lowest BCUT2D eigenvalue weighted by Crippen LogP contribution is -2.47. The first-order valence-electron chi connectivity index (χ1n) is 8.31. The number of carbonyl (C=O) groups excluding carboxylic acids is 2. The molecule has 2 aromatic rings. The molecule has 0 saturated carbocycles. The van der Waals surface area contributed by atoms with Gasteiger partial charge < -0.3 is 4.74 Å². The summed E-state index contributed by atoms with van der Waals surface area (Å²) >= 11 is 1.68. The van der Waals surface area contributed by atoms with Crippen LogP contribution >= 0.6 is 11.3 Å². The van der Waals surface area contributed by atoms with Gasteiger partial charge in [0.1, 0.15) is 5.75 Å². The molecule has 2 rings (SSSR count). The molecule has 0 aliphatic heterocycles. The molecule has 0 fully saturated rings. The van der Waals surface area contributed by atoms with Crippen molar-refractivity contribution in [2.24, 2.45) is 0 Å². The van der Waals surface area contributed by atoms with E-state index in [0.717, 1.165) is 24.0 Å². The van der Waals surface area contributed by atoms with Gasteiger partial charge in [-0.15, -0.1) is 11.3 Å². The van der Waals surface area contributed by atoms with Gasteiger partial charge in [0.05, 0.1) is 0 Å². The van der Waals surface area contributed by atoms with Crippen molar-refractivity contribution < 1.29 is 14.3 Å². The van der Waals surface area contributed by atoms with Crippen molar-refractivity contribution in [2.75, 3.05) is 0 Å². The van der Waals surface area contributed by atoms with Gasteiger partial charge in [-0.25, -0.2) is 0 Å². The Balaban J connectivity index is 1.71. The topological polar surface area (TPSA) is 67.4 Å². The standard InChI is InChI=1S/C19H24N2O3S/c1-13-7-4-10-17(14(13)2)24-15(3)19(23)21-20-18(22)11-5-8-16-9-6-12-25-16/h4,6-7,9-10,12,15H,5,8,11H2,1-3H3,(H,20,22)(H,21,23). The summed E-state index contributed by atoms with van der Waals surface area (Å²) in [4.78, 5) is 25.1. The summed E-state index contributed by atoms with van der Waals surface area (Å²) < 4.78 is 5.69. The number of benzene rings is 1. The number of nitrogens with one attached hydrogen (secondary N) is 2. The lowest BCUT2D eigenvalue weighted by molar-refractivity contribution is -0.132. The van der Waals surface area contributed by atoms with Gasteiger partial charge in [0.25, 0.3) is 5.91 Å². The number of amides is 2. The summed E-state index contributed by atoms with van der Waals surface area (Å²) in [5.41, 5.74) is 6.96. The lowest BCUT2D eigenvalue weighted by atomic mass is 10.1. The van der Waals surface area contributed by atoms with E-state index in [1.807, 2.05) is 43.5 Å². The van der Waals surface area contributed by atoms with Gasteiger partial charge in [0.2, 0.25) is 5.91 Å². The molecule has 2 amide bonds. The highest BCUT2D eigenvalue weighted by Gasteiger charge is 2.16. The maximum Gasteiger partial charge on any atom is 0.279 e. The Morgan fingerprint density at radius 3 is 2.68 bits per heavy atom. The molecule has 1 unspecified atom stereocenters. The van der Waals surface area contributed by atoms with Gasteiger partial charge in [0.15, 0.2) is 6.10 Å². The fourth-order valence-electron chi connectivity index (χ4n) is 2.27. The normalized spacial score (nSPS) is 11.6. The predicted molar refractivity (Wildman–Crippen MR) is 99.5 cm³/mol. The third kappa shape index (κ3) is 5.90. The first kappa shape index (κ1) is 19.0. The van der Waals surface area contributed by atoms with Crippen LogP contribution in [0, 0.1) is 13.8 Å². The van der Waals surface area contributed by atoms with E-state index in [2.05, 4.69) is 16.9 Å². The zero-order chi connectivity index (χ0) is 18.2. The molecule has 0 aliphatic carbocycles. The molecule has 0 aliphatic rings. The van der Waals surface area contributed by atoms with Crippen LogP contribution in [0.15, 0.2) is 35.7 Å². The molecule has 134 valence electrons. The van der Waals surface area contributed by atoms with Crippen molar-refractivity contribution in [3.8, 4) is 5.75 Å². The third-order valence-corrected chi connectivity index (χ3v) is 4.90. The van der Waals surface area contributed by atoms with Gasteiger partial charge >= 0.3 is 0 Å². The first-order valence-corrected chi connectivity index (χ1v) is 9.19. The van der Waals surface area contributed by atoms with Crippen LogP contribution in [0.5, 0.6) is 5.75 Å². The van der Waals surface area contributed by atoms with Gasteiger partial charge in [-0.2, -0.15) is 0 Å². The Kier molecular flexibility index (Phi) is 7.01. The number of hydrogen-bond acceptors (Lipinski definition) is 4. The van der Waals surface area contributed by atoms with Gasteiger partial charge in [0, 0.05) is 11.3 Å². The zero-order valence-corrected chi connectivity index (χ0v) is 15.6. The molecule has 0 spiro atoms. The van der Waals surface area contributed by atoms with Crippen molar-refractivity contribution in [1.29, 1.82) is 0 Å². The monoisotopic (exact) mass is 360 g/mol. The largest absolute Gasteiger partial charge is 0.481 e. The van der Waals surface area contributed by atoms with Crippen LogP contribution in [0.1, 0.15) is 35.8 Å². The van der Waals surface area contributed by atoms with Crippen LogP contribution in [0.4, 0.5) is 0 Å². The van der Waals surface area contributed by atoms with E-state index in [0.29, 0.717) is 12.2 Å². The summed E-state index contributed by atoms with van der Waals surface area (Å²) in [7, 11) is 0. The fraction of sp³-hybridized carbons (Fsp3) is 0.368. The Hall–Kier alpha value is -2.34. The van der Waals surface area contributed by atoms with Crippen LogP contribution in [0.2, 0.25) is 0 Å². The average Bonchev–Trinajstić information content (AvgIpc) is 3.10. The second kappa shape index (κ2) is 9.22. The maximum atomic E-state index is 12.1. The van der Waals surface area contributed by atoms with E-state index in [1.54, 1.807) is 18.3 Å². The van der Waals surface area contributed by atoms with Gasteiger partial charge in [-0.1, -0.05) is 18.2 Å². The van der Waals surface area contributed by atoms with Gasteiger partial charge in [-0.3, -0.25) is 20.4 Å². The van der Waals surface area contributed by atoms with Gasteiger partial charge in [-0.05, 0) is 62.3 Å².